The monoisotopic (exact) mass is 381 g/mol. The van der Waals surface area contributed by atoms with Crippen molar-refractivity contribution < 1.29 is 19.1 Å². The molecule has 1 amide bonds. The van der Waals surface area contributed by atoms with Crippen LogP contribution in [0.1, 0.15) is 19.5 Å². The third-order valence-electron chi connectivity index (χ3n) is 4.32. The van der Waals surface area contributed by atoms with Gasteiger partial charge in [0.05, 0.1) is 31.3 Å². The van der Waals surface area contributed by atoms with E-state index in [-0.39, 0.29) is 18.9 Å². The number of benzene rings is 1. The molecule has 7 nitrogen and oxygen atoms in total. The van der Waals surface area contributed by atoms with Crippen LogP contribution in [0, 0.1) is 0 Å². The van der Waals surface area contributed by atoms with Gasteiger partial charge in [-0.1, -0.05) is 30.3 Å². The maximum Gasteiger partial charge on any atom is 0.329 e. The number of hydrogen-bond acceptors (Lipinski definition) is 5. The molecule has 1 aromatic carbocycles. The molecule has 0 saturated heterocycles. The number of amides is 1. The molecule has 0 fully saturated rings. The standard InChI is InChI=1S/C21H23N3O4/c1-4-28-21(26)17(22-14(2)25)12-18-20(15-8-6-5-7-9-15)23-19-11-10-16(27-3)13-24(18)19/h5-11,13,17H,4,12H2,1-3H3,(H,22,25). The quantitative estimate of drug-likeness (QED) is 0.636. The van der Waals surface area contributed by atoms with Crippen LogP contribution in [0.3, 0.4) is 0 Å². The van der Waals surface area contributed by atoms with E-state index in [4.69, 9.17) is 14.5 Å². The summed E-state index contributed by atoms with van der Waals surface area (Å²) in [6.45, 7) is 3.35. The molecule has 1 N–H and O–H groups in total. The van der Waals surface area contributed by atoms with E-state index >= 15 is 0 Å². The first-order chi connectivity index (χ1) is 13.5. The lowest BCUT2D eigenvalue weighted by Gasteiger charge is -2.17. The van der Waals surface area contributed by atoms with Crippen molar-refractivity contribution >= 4 is 17.5 Å². The lowest BCUT2D eigenvalue weighted by atomic mass is 10.0. The number of imidazole rings is 1. The fourth-order valence-corrected chi connectivity index (χ4v) is 3.09. The van der Waals surface area contributed by atoms with Gasteiger partial charge in [-0.15, -0.1) is 0 Å². The van der Waals surface area contributed by atoms with Crippen molar-refractivity contribution in [2.75, 3.05) is 13.7 Å². The lowest BCUT2D eigenvalue weighted by Crippen LogP contribution is -2.42. The summed E-state index contributed by atoms with van der Waals surface area (Å²) in [6, 6.07) is 12.6. The van der Waals surface area contributed by atoms with Gasteiger partial charge in [0.2, 0.25) is 5.91 Å². The van der Waals surface area contributed by atoms with Crippen molar-refractivity contribution in [3.63, 3.8) is 0 Å². The van der Waals surface area contributed by atoms with Gasteiger partial charge >= 0.3 is 5.97 Å². The van der Waals surface area contributed by atoms with Gasteiger partial charge in [-0.2, -0.15) is 0 Å². The second-order valence-corrected chi connectivity index (χ2v) is 6.28. The number of nitrogens with zero attached hydrogens (tertiary/aromatic N) is 2. The molecular formula is C21H23N3O4. The zero-order valence-corrected chi connectivity index (χ0v) is 16.1. The number of esters is 1. The molecule has 0 radical (unpaired) electrons. The molecule has 2 aromatic heterocycles. The van der Waals surface area contributed by atoms with E-state index in [1.165, 1.54) is 6.92 Å². The maximum atomic E-state index is 12.4. The second-order valence-electron chi connectivity index (χ2n) is 6.28. The molecule has 146 valence electrons. The highest BCUT2D eigenvalue weighted by Crippen LogP contribution is 2.27. The first-order valence-corrected chi connectivity index (χ1v) is 9.07. The van der Waals surface area contributed by atoms with Crippen LogP contribution in [0.5, 0.6) is 5.75 Å². The van der Waals surface area contributed by atoms with Crippen LogP contribution in [0.4, 0.5) is 0 Å². The summed E-state index contributed by atoms with van der Waals surface area (Å²) in [7, 11) is 1.59. The fourth-order valence-electron chi connectivity index (χ4n) is 3.09. The molecule has 3 aromatic rings. The average Bonchev–Trinajstić information content (AvgIpc) is 3.05. The summed E-state index contributed by atoms with van der Waals surface area (Å²) in [5, 5.41) is 2.69. The summed E-state index contributed by atoms with van der Waals surface area (Å²) in [6.07, 6.45) is 2.05. The van der Waals surface area contributed by atoms with Gasteiger partial charge in [-0.3, -0.25) is 9.20 Å². The molecular weight excluding hydrogens is 358 g/mol. The lowest BCUT2D eigenvalue weighted by molar-refractivity contribution is -0.147. The minimum Gasteiger partial charge on any atom is -0.495 e. The van der Waals surface area contributed by atoms with Gasteiger partial charge in [-0.25, -0.2) is 9.78 Å². The normalized spacial score (nSPS) is 11.8. The predicted octanol–water partition coefficient (Wildman–Crippen LogP) is 2.62. The summed E-state index contributed by atoms with van der Waals surface area (Å²) in [4.78, 5) is 28.8. The Balaban J connectivity index is 2.12. The smallest absolute Gasteiger partial charge is 0.329 e. The number of hydrogen-bond donors (Lipinski definition) is 1. The van der Waals surface area contributed by atoms with Crippen LogP contribution in [0.25, 0.3) is 16.9 Å². The number of rotatable bonds is 7. The summed E-state index contributed by atoms with van der Waals surface area (Å²) in [5.74, 6) is -0.113. The fraction of sp³-hybridized carbons (Fsp3) is 0.286. The Kier molecular flexibility index (Phi) is 5.93. The molecule has 1 unspecified atom stereocenters. The molecule has 7 heteroatoms. The van der Waals surface area contributed by atoms with Gasteiger partial charge in [0.15, 0.2) is 0 Å². The van der Waals surface area contributed by atoms with E-state index in [0.29, 0.717) is 5.75 Å². The number of fused-ring (bicyclic) bond motifs is 1. The molecule has 28 heavy (non-hydrogen) atoms. The van der Waals surface area contributed by atoms with E-state index in [2.05, 4.69) is 5.32 Å². The number of carbonyl (C=O) groups is 2. The number of aromatic nitrogens is 2. The number of nitrogens with one attached hydrogen (secondary N) is 1. The van der Waals surface area contributed by atoms with Crippen molar-refractivity contribution in [1.29, 1.82) is 0 Å². The van der Waals surface area contributed by atoms with Crippen LogP contribution in [-0.4, -0.2) is 41.0 Å². The predicted molar refractivity (Wildman–Crippen MR) is 105 cm³/mol. The summed E-state index contributed by atoms with van der Waals surface area (Å²) < 4.78 is 12.4. The topological polar surface area (TPSA) is 81.9 Å². The van der Waals surface area contributed by atoms with Crippen molar-refractivity contribution in [2.24, 2.45) is 0 Å². The molecule has 0 aliphatic heterocycles. The first-order valence-electron chi connectivity index (χ1n) is 9.07. The van der Waals surface area contributed by atoms with Crippen molar-refractivity contribution in [3.8, 4) is 17.0 Å². The highest BCUT2D eigenvalue weighted by Gasteiger charge is 2.25. The van der Waals surface area contributed by atoms with Gasteiger partial charge in [0.25, 0.3) is 0 Å². The second kappa shape index (κ2) is 8.56. The van der Waals surface area contributed by atoms with E-state index in [9.17, 15) is 9.59 Å². The highest BCUT2D eigenvalue weighted by molar-refractivity contribution is 5.84. The van der Waals surface area contributed by atoms with Crippen LogP contribution in [0.2, 0.25) is 0 Å². The first kappa shape index (κ1) is 19.4. The molecule has 3 rings (SSSR count). The van der Waals surface area contributed by atoms with Crippen LogP contribution in [0.15, 0.2) is 48.7 Å². The minimum absolute atomic E-state index is 0.233. The van der Waals surface area contributed by atoms with Crippen LogP contribution < -0.4 is 10.1 Å². The average molecular weight is 381 g/mol. The van der Waals surface area contributed by atoms with Gasteiger partial charge in [0, 0.05) is 18.9 Å². The van der Waals surface area contributed by atoms with Crippen LogP contribution >= 0.6 is 0 Å². The molecule has 0 aliphatic rings. The number of methoxy groups -OCH3 is 1. The Morgan fingerprint density at radius 2 is 1.93 bits per heavy atom. The van der Waals surface area contributed by atoms with E-state index in [0.717, 1.165) is 22.6 Å². The van der Waals surface area contributed by atoms with Crippen LogP contribution in [-0.2, 0) is 20.7 Å². The number of carbonyl (C=O) groups excluding carboxylic acids is 2. The molecule has 0 spiro atoms. The maximum absolute atomic E-state index is 12.4. The van der Waals surface area contributed by atoms with E-state index in [1.807, 2.05) is 53.1 Å². The molecule has 2 heterocycles. The van der Waals surface area contributed by atoms with E-state index < -0.39 is 12.0 Å². The van der Waals surface area contributed by atoms with Crippen molar-refractivity contribution in [3.05, 3.63) is 54.4 Å². The molecule has 1 atom stereocenters. The Hall–Kier alpha value is -3.35. The van der Waals surface area contributed by atoms with Gasteiger partial charge in [-0.05, 0) is 19.1 Å². The highest BCUT2D eigenvalue weighted by atomic mass is 16.5. The summed E-state index contributed by atoms with van der Waals surface area (Å²) >= 11 is 0. The molecule has 0 saturated carbocycles. The Bertz CT molecular complexity index is 982. The third kappa shape index (κ3) is 4.14. The van der Waals surface area contributed by atoms with Gasteiger partial charge in [0.1, 0.15) is 17.4 Å². The van der Waals surface area contributed by atoms with Gasteiger partial charge < -0.3 is 14.8 Å². The number of pyridine rings is 1. The Labute approximate surface area is 163 Å². The van der Waals surface area contributed by atoms with Crippen molar-refractivity contribution in [2.45, 2.75) is 26.3 Å². The zero-order chi connectivity index (χ0) is 20.1. The summed E-state index contributed by atoms with van der Waals surface area (Å²) in [5.41, 5.74) is 3.17. The zero-order valence-electron chi connectivity index (χ0n) is 16.1. The Morgan fingerprint density at radius 3 is 2.57 bits per heavy atom. The van der Waals surface area contributed by atoms with E-state index in [1.54, 1.807) is 14.0 Å². The molecule has 0 aliphatic carbocycles. The largest absolute Gasteiger partial charge is 0.495 e. The SMILES string of the molecule is CCOC(=O)C(Cc1c(-c2ccccc2)nc2ccc(OC)cn12)NC(C)=O. The third-order valence-corrected chi connectivity index (χ3v) is 4.32. The minimum atomic E-state index is -0.814. The molecule has 0 bridgehead atoms. The van der Waals surface area contributed by atoms with Crippen molar-refractivity contribution in [1.82, 2.24) is 14.7 Å². The Morgan fingerprint density at radius 1 is 1.18 bits per heavy atom. The number of ether oxygens (including phenoxy) is 2.